The highest BCUT2D eigenvalue weighted by Crippen LogP contribution is 2.30. The van der Waals surface area contributed by atoms with Gasteiger partial charge in [0.25, 0.3) is 11.5 Å². The van der Waals surface area contributed by atoms with Gasteiger partial charge in [-0.3, -0.25) is 9.59 Å². The van der Waals surface area contributed by atoms with Crippen LogP contribution in [0.5, 0.6) is 11.5 Å². The lowest BCUT2D eigenvalue weighted by Crippen LogP contribution is -2.31. The molecule has 8 nitrogen and oxygen atoms in total. The molecule has 0 aliphatic heterocycles. The molecule has 0 atom stereocenters. The van der Waals surface area contributed by atoms with Crippen molar-refractivity contribution < 1.29 is 37.7 Å². The molecule has 0 fully saturated rings. The van der Waals surface area contributed by atoms with E-state index in [0.717, 1.165) is 7.05 Å². The molecule has 2 rings (SSSR count). The molecular weight excluding hydrogens is 397 g/mol. The highest BCUT2D eigenvalue weighted by atomic mass is 19.4. The molecule has 0 aliphatic rings. The van der Waals surface area contributed by atoms with E-state index in [4.69, 9.17) is 9.84 Å². The summed E-state index contributed by atoms with van der Waals surface area (Å²) < 4.78 is 44.5. The lowest BCUT2D eigenvalue weighted by molar-refractivity contribution is -0.143. The number of rotatable bonds is 7. The molecule has 156 valence electrons. The van der Waals surface area contributed by atoms with Crippen molar-refractivity contribution in [3.05, 3.63) is 57.5 Å². The number of pyridine rings is 1. The van der Waals surface area contributed by atoms with Gasteiger partial charge in [-0.05, 0) is 30.7 Å². The minimum Gasteiger partial charge on any atom is -0.502 e. The van der Waals surface area contributed by atoms with E-state index >= 15 is 0 Å². The monoisotopic (exact) mass is 414 g/mol. The lowest BCUT2D eigenvalue weighted by atomic mass is 10.1. The second kappa shape index (κ2) is 8.67. The Morgan fingerprint density at radius 3 is 2.55 bits per heavy atom. The molecule has 1 aromatic carbocycles. The van der Waals surface area contributed by atoms with E-state index in [1.54, 1.807) is 6.07 Å². The van der Waals surface area contributed by atoms with Crippen LogP contribution in [0.4, 0.5) is 13.2 Å². The van der Waals surface area contributed by atoms with Gasteiger partial charge in [-0.1, -0.05) is 6.07 Å². The summed E-state index contributed by atoms with van der Waals surface area (Å²) in [4.78, 5) is 34.7. The summed E-state index contributed by atoms with van der Waals surface area (Å²) in [6.07, 6.45) is -4.64. The van der Waals surface area contributed by atoms with Gasteiger partial charge in [0.1, 0.15) is 11.4 Å². The summed E-state index contributed by atoms with van der Waals surface area (Å²) in [6.45, 7) is 0.0626. The molecular formula is C18H17F3N2O6. The largest absolute Gasteiger partial charge is 0.502 e. The fraction of sp³-hybridized carbons (Fsp3) is 0.278. The van der Waals surface area contributed by atoms with E-state index < -0.39 is 40.6 Å². The minimum atomic E-state index is -4.88. The second-order valence-electron chi connectivity index (χ2n) is 5.94. The Balaban J connectivity index is 1.96. The Labute approximate surface area is 162 Å². The highest BCUT2D eigenvalue weighted by molar-refractivity contribution is 5.96. The topological polar surface area (TPSA) is 118 Å². The number of nitrogens with one attached hydrogen (secondary N) is 1. The van der Waals surface area contributed by atoms with Crippen LogP contribution in [0.25, 0.3) is 0 Å². The van der Waals surface area contributed by atoms with Crippen molar-refractivity contribution in [2.45, 2.75) is 12.6 Å². The van der Waals surface area contributed by atoms with Crippen molar-refractivity contribution in [2.24, 2.45) is 7.05 Å². The van der Waals surface area contributed by atoms with Crippen LogP contribution in [0.3, 0.4) is 0 Å². The number of carboxylic acid groups (broad SMARTS) is 1. The fourth-order valence-electron chi connectivity index (χ4n) is 2.41. The van der Waals surface area contributed by atoms with E-state index in [0.29, 0.717) is 11.8 Å². The van der Waals surface area contributed by atoms with E-state index in [-0.39, 0.29) is 29.7 Å². The lowest BCUT2D eigenvalue weighted by Gasteiger charge is -2.14. The summed E-state index contributed by atoms with van der Waals surface area (Å²) in [7, 11) is 0.837. The summed E-state index contributed by atoms with van der Waals surface area (Å²) in [6, 6.07) is 6.15. The Hall–Kier alpha value is -3.50. The third-order valence-corrected chi connectivity index (χ3v) is 3.90. The van der Waals surface area contributed by atoms with Crippen molar-refractivity contribution >= 4 is 11.9 Å². The predicted molar refractivity (Wildman–Crippen MR) is 94.2 cm³/mol. The van der Waals surface area contributed by atoms with E-state index in [2.05, 4.69) is 5.32 Å². The molecule has 0 unspecified atom stereocenters. The Kier molecular flexibility index (Phi) is 6.52. The fourth-order valence-corrected chi connectivity index (χ4v) is 2.41. The van der Waals surface area contributed by atoms with Crippen molar-refractivity contribution in [1.29, 1.82) is 0 Å². The van der Waals surface area contributed by atoms with Gasteiger partial charge in [-0.15, -0.1) is 0 Å². The summed E-state index contributed by atoms with van der Waals surface area (Å²) >= 11 is 0. The van der Waals surface area contributed by atoms with Gasteiger partial charge in [0.15, 0.2) is 5.75 Å². The number of nitrogens with zero attached hydrogens (tertiary/aromatic N) is 1. The third-order valence-electron chi connectivity index (χ3n) is 3.90. The van der Waals surface area contributed by atoms with Gasteiger partial charge in [0.05, 0.1) is 17.7 Å². The van der Waals surface area contributed by atoms with Crippen LogP contribution in [0, 0.1) is 0 Å². The molecule has 1 heterocycles. The average Bonchev–Trinajstić information content (AvgIpc) is 2.65. The van der Waals surface area contributed by atoms with Crippen molar-refractivity contribution in [3.63, 3.8) is 0 Å². The number of aromatic nitrogens is 1. The molecule has 0 spiro atoms. The number of hydrogen-bond donors (Lipinski definition) is 3. The van der Waals surface area contributed by atoms with Gasteiger partial charge in [-0.25, -0.2) is 4.79 Å². The van der Waals surface area contributed by atoms with Crippen LogP contribution in [0.1, 0.15) is 32.8 Å². The number of amides is 1. The first kappa shape index (κ1) is 21.8. The maximum Gasteiger partial charge on any atom is 0.431 e. The zero-order valence-corrected chi connectivity index (χ0v) is 15.1. The van der Waals surface area contributed by atoms with Crippen LogP contribution in [-0.4, -0.2) is 39.8 Å². The number of benzene rings is 1. The molecule has 1 aromatic heterocycles. The van der Waals surface area contributed by atoms with E-state index in [1.165, 1.54) is 18.2 Å². The molecule has 11 heteroatoms. The first-order chi connectivity index (χ1) is 13.5. The number of hydrogen-bond acceptors (Lipinski definition) is 5. The SMILES string of the molecule is Cn1c(C(F)(F)F)cc(C(=O)NCCCOc2cccc(C(=O)O)c2)c(O)c1=O. The standard InChI is InChI=1S/C18H17F3N2O6/c1-23-13(18(19,20)21)9-12(14(24)16(23)26)15(25)22-6-3-7-29-11-5-2-4-10(8-11)17(27)28/h2,4-5,8-9,24H,3,6-7H2,1H3,(H,22,25)(H,27,28). The summed E-state index contributed by atoms with van der Waals surface area (Å²) in [5.41, 5.74) is -3.45. The second-order valence-corrected chi connectivity index (χ2v) is 5.94. The molecule has 0 saturated heterocycles. The minimum absolute atomic E-state index is 0.0204. The number of aromatic carboxylic acids is 1. The number of aromatic hydroxyl groups is 1. The molecule has 0 radical (unpaired) electrons. The molecule has 0 bridgehead atoms. The van der Waals surface area contributed by atoms with Crippen LogP contribution in [0.2, 0.25) is 0 Å². The number of alkyl halides is 3. The summed E-state index contributed by atoms with van der Waals surface area (Å²) in [5.74, 6) is -2.94. The normalized spacial score (nSPS) is 11.2. The molecule has 3 N–H and O–H groups in total. The van der Waals surface area contributed by atoms with Crippen LogP contribution in [-0.2, 0) is 13.2 Å². The van der Waals surface area contributed by atoms with Gasteiger partial charge in [0.2, 0.25) is 0 Å². The first-order valence-corrected chi connectivity index (χ1v) is 8.27. The first-order valence-electron chi connectivity index (χ1n) is 8.27. The van der Waals surface area contributed by atoms with E-state index in [1.807, 2.05) is 0 Å². The van der Waals surface area contributed by atoms with Crippen molar-refractivity contribution in [2.75, 3.05) is 13.2 Å². The van der Waals surface area contributed by atoms with Crippen molar-refractivity contribution in [1.82, 2.24) is 9.88 Å². The Morgan fingerprint density at radius 2 is 1.93 bits per heavy atom. The number of ether oxygens (including phenoxy) is 1. The smallest absolute Gasteiger partial charge is 0.431 e. The molecule has 1 amide bonds. The van der Waals surface area contributed by atoms with Gasteiger partial charge in [0, 0.05) is 13.6 Å². The van der Waals surface area contributed by atoms with Crippen LogP contribution in [0.15, 0.2) is 35.1 Å². The maximum absolute atomic E-state index is 13.0. The van der Waals surface area contributed by atoms with E-state index in [9.17, 15) is 32.7 Å². The van der Waals surface area contributed by atoms with Gasteiger partial charge < -0.3 is 24.8 Å². The quantitative estimate of drug-likeness (QED) is 0.597. The molecule has 0 saturated carbocycles. The Morgan fingerprint density at radius 1 is 1.24 bits per heavy atom. The van der Waals surface area contributed by atoms with Gasteiger partial charge >= 0.3 is 12.1 Å². The molecule has 29 heavy (non-hydrogen) atoms. The van der Waals surface area contributed by atoms with Crippen LogP contribution < -0.4 is 15.6 Å². The maximum atomic E-state index is 13.0. The molecule has 2 aromatic rings. The zero-order chi connectivity index (χ0) is 21.8. The Bertz CT molecular complexity index is 985. The van der Waals surface area contributed by atoms with Gasteiger partial charge in [-0.2, -0.15) is 13.2 Å². The number of carbonyl (C=O) groups is 2. The predicted octanol–water partition coefficient (Wildman–Crippen LogP) is 2.01. The third kappa shape index (κ3) is 5.27. The number of carbonyl (C=O) groups excluding carboxylic acids is 1. The average molecular weight is 414 g/mol. The highest BCUT2D eigenvalue weighted by Gasteiger charge is 2.36. The zero-order valence-electron chi connectivity index (χ0n) is 15.1. The number of carboxylic acids is 1. The summed E-state index contributed by atoms with van der Waals surface area (Å²) in [5, 5.41) is 20.9. The molecule has 0 aliphatic carbocycles. The van der Waals surface area contributed by atoms with Crippen LogP contribution >= 0.6 is 0 Å². The van der Waals surface area contributed by atoms with Crippen molar-refractivity contribution in [3.8, 4) is 11.5 Å². The number of halogens is 3.